The smallest absolute Gasteiger partial charge is 0.0593 e. The van der Waals surface area contributed by atoms with E-state index in [0.29, 0.717) is 0 Å². The zero-order valence-corrected chi connectivity index (χ0v) is 5.02. The van der Waals surface area contributed by atoms with Crippen LogP contribution < -0.4 is 5.32 Å². The second kappa shape index (κ2) is 1.65. The van der Waals surface area contributed by atoms with Crippen LogP contribution in [0.4, 0.5) is 5.69 Å². The summed E-state index contributed by atoms with van der Waals surface area (Å²) < 4.78 is 0. The fourth-order valence-electron chi connectivity index (χ4n) is 1.02. The lowest BCUT2D eigenvalue weighted by molar-refractivity contribution is 1.32. The molecular formula is C7H8N2. The lowest BCUT2D eigenvalue weighted by Gasteiger charge is -2.05. The molecule has 1 aromatic rings. The molecule has 2 heteroatoms. The molecule has 1 aliphatic heterocycles. The molecule has 0 amide bonds. The van der Waals surface area contributed by atoms with Gasteiger partial charge in [-0.1, -0.05) is 12.2 Å². The largest absolute Gasteiger partial charge is 0.380 e. The minimum atomic E-state index is 0.949. The van der Waals surface area contributed by atoms with E-state index < -0.39 is 0 Å². The highest BCUT2D eigenvalue weighted by Crippen LogP contribution is 2.18. The first kappa shape index (κ1) is 4.68. The maximum atomic E-state index is 3.22. The van der Waals surface area contributed by atoms with Crippen LogP contribution in [0.2, 0.25) is 0 Å². The van der Waals surface area contributed by atoms with Gasteiger partial charge in [0.1, 0.15) is 0 Å². The molecule has 9 heavy (non-hydrogen) atoms. The summed E-state index contributed by atoms with van der Waals surface area (Å²) in [5.74, 6) is 0. The Kier molecular flexibility index (Phi) is 0.859. The third-order valence-corrected chi connectivity index (χ3v) is 1.49. The predicted molar refractivity (Wildman–Crippen MR) is 38.3 cm³/mol. The molecule has 0 saturated heterocycles. The fourth-order valence-corrected chi connectivity index (χ4v) is 1.02. The maximum Gasteiger partial charge on any atom is 0.0593 e. The van der Waals surface area contributed by atoms with Crippen molar-refractivity contribution in [3.63, 3.8) is 0 Å². The zero-order valence-electron chi connectivity index (χ0n) is 5.02. The van der Waals surface area contributed by atoms with Gasteiger partial charge >= 0.3 is 0 Å². The van der Waals surface area contributed by atoms with Crippen LogP contribution in [0.3, 0.4) is 0 Å². The van der Waals surface area contributed by atoms with Gasteiger partial charge in [0, 0.05) is 24.5 Å². The average Bonchev–Trinajstić information content (AvgIpc) is 2.33. The van der Waals surface area contributed by atoms with Gasteiger partial charge in [-0.25, -0.2) is 0 Å². The van der Waals surface area contributed by atoms with Crippen LogP contribution >= 0.6 is 0 Å². The Hall–Kier alpha value is -1.18. The number of H-pyrrole nitrogens is 1. The van der Waals surface area contributed by atoms with E-state index in [1.165, 1.54) is 11.3 Å². The summed E-state index contributed by atoms with van der Waals surface area (Å²) in [5.41, 5.74) is 2.46. The van der Waals surface area contributed by atoms with E-state index in [2.05, 4.69) is 22.5 Å². The molecule has 0 radical (unpaired) electrons. The molecule has 1 aliphatic rings. The van der Waals surface area contributed by atoms with Crippen molar-refractivity contribution in [1.29, 1.82) is 0 Å². The van der Waals surface area contributed by atoms with Gasteiger partial charge in [-0.15, -0.1) is 0 Å². The van der Waals surface area contributed by atoms with Gasteiger partial charge in [0.25, 0.3) is 0 Å². The minimum absolute atomic E-state index is 0.949. The molecule has 0 aliphatic carbocycles. The first-order valence-corrected chi connectivity index (χ1v) is 3.04. The molecule has 0 saturated carbocycles. The number of fused-ring (bicyclic) bond motifs is 1. The zero-order chi connectivity index (χ0) is 6.10. The van der Waals surface area contributed by atoms with Crippen LogP contribution in [0.15, 0.2) is 18.5 Å². The van der Waals surface area contributed by atoms with Crippen LogP contribution in [0.25, 0.3) is 6.08 Å². The molecule has 0 bridgehead atoms. The first-order valence-electron chi connectivity index (χ1n) is 3.04. The topological polar surface area (TPSA) is 27.8 Å². The summed E-state index contributed by atoms with van der Waals surface area (Å²) in [7, 11) is 0. The number of aromatic amines is 1. The van der Waals surface area contributed by atoms with Crippen molar-refractivity contribution in [3.05, 3.63) is 24.0 Å². The van der Waals surface area contributed by atoms with Crippen LogP contribution in [-0.2, 0) is 0 Å². The van der Waals surface area contributed by atoms with Crippen LogP contribution in [0.5, 0.6) is 0 Å². The number of anilines is 1. The number of hydrogen-bond donors (Lipinski definition) is 2. The van der Waals surface area contributed by atoms with Gasteiger partial charge in [0.15, 0.2) is 0 Å². The molecule has 0 fully saturated rings. The van der Waals surface area contributed by atoms with Crippen molar-refractivity contribution in [2.75, 3.05) is 11.9 Å². The quantitative estimate of drug-likeness (QED) is 0.533. The summed E-state index contributed by atoms with van der Waals surface area (Å²) in [5, 5.41) is 3.22. The average molecular weight is 120 g/mol. The van der Waals surface area contributed by atoms with E-state index in [0.717, 1.165) is 6.54 Å². The van der Waals surface area contributed by atoms with Crippen molar-refractivity contribution >= 4 is 11.8 Å². The second-order valence-electron chi connectivity index (χ2n) is 2.11. The minimum Gasteiger partial charge on any atom is -0.380 e. The molecule has 1 aromatic heterocycles. The maximum absolute atomic E-state index is 3.22. The molecule has 2 N–H and O–H groups in total. The van der Waals surface area contributed by atoms with E-state index in [-0.39, 0.29) is 0 Å². The van der Waals surface area contributed by atoms with Crippen LogP contribution in [-0.4, -0.2) is 11.5 Å². The van der Waals surface area contributed by atoms with Crippen molar-refractivity contribution in [1.82, 2.24) is 4.98 Å². The van der Waals surface area contributed by atoms with Crippen molar-refractivity contribution in [2.24, 2.45) is 0 Å². The number of hydrogen-bond acceptors (Lipinski definition) is 1. The highest BCUT2D eigenvalue weighted by Gasteiger charge is 2.00. The van der Waals surface area contributed by atoms with Gasteiger partial charge in [-0.2, -0.15) is 0 Å². The summed E-state index contributed by atoms with van der Waals surface area (Å²) in [6.07, 6.45) is 8.18. The van der Waals surface area contributed by atoms with E-state index >= 15 is 0 Å². The Labute approximate surface area is 53.6 Å². The Morgan fingerprint density at radius 3 is 3.22 bits per heavy atom. The molecule has 46 valence electrons. The second-order valence-corrected chi connectivity index (χ2v) is 2.11. The molecule has 2 rings (SSSR count). The molecule has 0 spiro atoms. The summed E-state index contributed by atoms with van der Waals surface area (Å²) in [4.78, 5) is 3.03. The Bertz CT molecular complexity index is 235. The van der Waals surface area contributed by atoms with Gasteiger partial charge < -0.3 is 10.3 Å². The normalized spacial score (nSPS) is 14.7. The predicted octanol–water partition coefficient (Wildman–Crippen LogP) is 1.45. The number of aromatic nitrogens is 1. The van der Waals surface area contributed by atoms with Gasteiger partial charge in [-0.05, 0) is 0 Å². The van der Waals surface area contributed by atoms with Gasteiger partial charge in [0.05, 0.1) is 5.69 Å². The Balaban J connectivity index is 2.53. The monoisotopic (exact) mass is 120 g/mol. The molecule has 0 atom stereocenters. The molecule has 2 heterocycles. The highest BCUT2D eigenvalue weighted by molar-refractivity contribution is 5.68. The van der Waals surface area contributed by atoms with E-state index in [1.54, 1.807) is 0 Å². The van der Waals surface area contributed by atoms with Gasteiger partial charge in [-0.3, -0.25) is 0 Å². The summed E-state index contributed by atoms with van der Waals surface area (Å²) in [6, 6.07) is 0. The standard InChI is InChI=1S/C7H8N2/c1-2-6-4-8-5-7(6)9-3-1/h1-2,4-5,8-9H,3H2. The lowest BCUT2D eigenvalue weighted by Crippen LogP contribution is -2.01. The Morgan fingerprint density at radius 1 is 1.33 bits per heavy atom. The van der Waals surface area contributed by atoms with Crippen LogP contribution in [0.1, 0.15) is 5.56 Å². The lowest BCUT2D eigenvalue weighted by atomic mass is 10.2. The van der Waals surface area contributed by atoms with Crippen molar-refractivity contribution in [3.8, 4) is 0 Å². The summed E-state index contributed by atoms with van der Waals surface area (Å²) in [6.45, 7) is 0.949. The van der Waals surface area contributed by atoms with E-state index in [1.807, 2.05) is 12.4 Å². The third kappa shape index (κ3) is 0.633. The molecular weight excluding hydrogens is 112 g/mol. The number of nitrogens with one attached hydrogen (secondary N) is 2. The fraction of sp³-hybridized carbons (Fsp3) is 0.143. The molecule has 0 aromatic carbocycles. The Morgan fingerprint density at radius 2 is 2.33 bits per heavy atom. The SMILES string of the molecule is C1=Cc2c[nH]cc2NC1. The van der Waals surface area contributed by atoms with Gasteiger partial charge in [0.2, 0.25) is 0 Å². The summed E-state index contributed by atoms with van der Waals surface area (Å²) >= 11 is 0. The number of rotatable bonds is 0. The highest BCUT2D eigenvalue weighted by atomic mass is 14.9. The first-order chi connectivity index (χ1) is 4.47. The molecule has 0 unspecified atom stereocenters. The van der Waals surface area contributed by atoms with E-state index in [9.17, 15) is 0 Å². The third-order valence-electron chi connectivity index (χ3n) is 1.49. The van der Waals surface area contributed by atoms with Crippen molar-refractivity contribution in [2.45, 2.75) is 0 Å². The van der Waals surface area contributed by atoms with E-state index in [4.69, 9.17) is 0 Å². The molecule has 2 nitrogen and oxygen atoms in total. The van der Waals surface area contributed by atoms with Crippen molar-refractivity contribution < 1.29 is 0 Å². The van der Waals surface area contributed by atoms with Crippen LogP contribution in [0, 0.1) is 0 Å².